The third-order valence-corrected chi connectivity index (χ3v) is 4.58. The first-order chi connectivity index (χ1) is 15.5. The number of ether oxygens (including phenoxy) is 3. The molecule has 0 aliphatic carbocycles. The first kappa shape index (κ1) is 22.7. The van der Waals surface area contributed by atoms with Crippen LogP contribution in [0.4, 0.5) is 0 Å². The lowest BCUT2D eigenvalue weighted by atomic mass is 10.1. The Balaban J connectivity index is 1.39. The maximum Gasteiger partial charge on any atom is 0.338 e. The number of hydrogen-bond acceptors (Lipinski definition) is 6. The minimum absolute atomic E-state index is 0.0298. The normalized spacial score (nSPS) is 10.3. The molecule has 32 heavy (non-hydrogen) atoms. The van der Waals surface area contributed by atoms with E-state index in [1.54, 1.807) is 12.1 Å². The molecule has 0 bridgehead atoms. The third-order valence-electron chi connectivity index (χ3n) is 4.58. The van der Waals surface area contributed by atoms with Gasteiger partial charge in [0, 0.05) is 12.0 Å². The molecular weight excluding hydrogens is 408 g/mol. The second-order valence-corrected chi connectivity index (χ2v) is 7.09. The molecule has 3 aromatic carbocycles. The molecule has 0 amide bonds. The first-order valence-electron chi connectivity index (χ1n) is 10.3. The lowest BCUT2D eigenvalue weighted by molar-refractivity contribution is -0.134. The molecule has 164 valence electrons. The van der Waals surface area contributed by atoms with Crippen molar-refractivity contribution in [3.05, 3.63) is 95.6 Å². The maximum atomic E-state index is 12.2. The zero-order valence-corrected chi connectivity index (χ0v) is 17.8. The second-order valence-electron chi connectivity index (χ2n) is 7.09. The fourth-order valence-corrected chi connectivity index (χ4v) is 2.83. The average Bonchev–Trinajstić information content (AvgIpc) is 2.82. The highest BCUT2D eigenvalue weighted by Crippen LogP contribution is 2.15. The van der Waals surface area contributed by atoms with E-state index >= 15 is 0 Å². The van der Waals surface area contributed by atoms with Crippen LogP contribution in [0, 0.1) is 6.92 Å². The Kier molecular flexibility index (Phi) is 8.15. The molecule has 6 nitrogen and oxygen atoms in total. The number of ketones is 1. The highest BCUT2D eigenvalue weighted by molar-refractivity contribution is 5.97. The molecule has 6 heteroatoms. The fraction of sp³-hybridized carbons (Fsp3) is 0.192. The van der Waals surface area contributed by atoms with Crippen LogP contribution in [0.25, 0.3) is 0 Å². The SMILES string of the molecule is Cc1ccc(C(=O)CCC(=O)Oc2ccc(C(=O)OCCOc3ccccc3)cc2)cc1. The summed E-state index contributed by atoms with van der Waals surface area (Å²) in [6.07, 6.45) is 0.0370. The highest BCUT2D eigenvalue weighted by Gasteiger charge is 2.12. The molecule has 0 fully saturated rings. The summed E-state index contributed by atoms with van der Waals surface area (Å²) in [5, 5.41) is 0. The van der Waals surface area contributed by atoms with Crippen LogP contribution in [-0.4, -0.2) is 30.9 Å². The molecule has 0 N–H and O–H groups in total. The van der Waals surface area contributed by atoms with Gasteiger partial charge in [0.05, 0.1) is 12.0 Å². The minimum atomic E-state index is -0.515. The molecule has 0 saturated carbocycles. The standard InChI is InChI=1S/C26H24O6/c1-19-7-9-20(10-8-19)24(27)15-16-25(28)32-23-13-11-21(12-14-23)26(29)31-18-17-30-22-5-3-2-4-6-22/h2-14H,15-18H2,1H3. The van der Waals surface area contributed by atoms with Crippen LogP contribution in [0.15, 0.2) is 78.9 Å². The van der Waals surface area contributed by atoms with Crippen LogP contribution in [0.2, 0.25) is 0 Å². The number of rotatable bonds is 10. The Bertz CT molecular complexity index is 1040. The van der Waals surface area contributed by atoms with Gasteiger partial charge in [-0.1, -0.05) is 48.0 Å². The predicted molar refractivity (Wildman–Crippen MR) is 119 cm³/mol. The summed E-state index contributed by atoms with van der Waals surface area (Å²) in [4.78, 5) is 36.3. The Labute approximate surface area is 186 Å². The van der Waals surface area contributed by atoms with Gasteiger partial charge >= 0.3 is 11.9 Å². The van der Waals surface area contributed by atoms with Gasteiger partial charge in [-0.3, -0.25) is 9.59 Å². The molecule has 0 unspecified atom stereocenters. The van der Waals surface area contributed by atoms with Crippen molar-refractivity contribution >= 4 is 17.7 Å². The zero-order valence-electron chi connectivity index (χ0n) is 17.8. The van der Waals surface area contributed by atoms with Gasteiger partial charge in [0.2, 0.25) is 0 Å². The van der Waals surface area contributed by atoms with Crippen molar-refractivity contribution in [3.8, 4) is 11.5 Å². The van der Waals surface area contributed by atoms with E-state index in [1.165, 1.54) is 24.3 Å². The molecular formula is C26H24O6. The van der Waals surface area contributed by atoms with E-state index in [-0.39, 0.29) is 31.8 Å². The zero-order chi connectivity index (χ0) is 22.8. The molecule has 0 radical (unpaired) electrons. The summed E-state index contributed by atoms with van der Waals surface area (Å²) in [7, 11) is 0. The van der Waals surface area contributed by atoms with Gasteiger partial charge in [0.25, 0.3) is 0 Å². The van der Waals surface area contributed by atoms with Crippen LogP contribution in [0.1, 0.15) is 39.1 Å². The first-order valence-corrected chi connectivity index (χ1v) is 10.3. The van der Waals surface area contributed by atoms with Gasteiger partial charge in [0.15, 0.2) is 5.78 Å². The Morgan fingerprint density at radius 3 is 2.03 bits per heavy atom. The number of carbonyl (C=O) groups is 3. The van der Waals surface area contributed by atoms with E-state index in [4.69, 9.17) is 14.2 Å². The van der Waals surface area contributed by atoms with Gasteiger partial charge in [-0.25, -0.2) is 4.79 Å². The van der Waals surface area contributed by atoms with Crippen molar-refractivity contribution in [2.75, 3.05) is 13.2 Å². The predicted octanol–water partition coefficient (Wildman–Crippen LogP) is 4.80. The van der Waals surface area contributed by atoms with E-state index in [2.05, 4.69) is 0 Å². The summed E-state index contributed by atoms with van der Waals surface area (Å²) >= 11 is 0. The number of benzene rings is 3. The molecule has 3 rings (SSSR count). The van der Waals surface area contributed by atoms with Crippen LogP contribution in [0.5, 0.6) is 11.5 Å². The van der Waals surface area contributed by atoms with Gasteiger partial charge in [-0.05, 0) is 43.3 Å². The number of esters is 2. The summed E-state index contributed by atoms with van der Waals surface area (Å²) in [5.74, 6) is -0.129. The fourth-order valence-electron chi connectivity index (χ4n) is 2.83. The molecule has 0 aromatic heterocycles. The van der Waals surface area contributed by atoms with Gasteiger partial charge in [-0.15, -0.1) is 0 Å². The Morgan fingerprint density at radius 2 is 1.34 bits per heavy atom. The molecule has 0 heterocycles. The summed E-state index contributed by atoms with van der Waals surface area (Å²) < 4.78 is 15.9. The lowest BCUT2D eigenvalue weighted by Gasteiger charge is -2.08. The van der Waals surface area contributed by atoms with Crippen molar-refractivity contribution in [1.82, 2.24) is 0 Å². The van der Waals surface area contributed by atoms with E-state index in [0.29, 0.717) is 22.6 Å². The molecule has 0 aliphatic heterocycles. The van der Waals surface area contributed by atoms with E-state index < -0.39 is 11.9 Å². The number of para-hydroxylation sites is 1. The van der Waals surface area contributed by atoms with Gasteiger partial charge in [-0.2, -0.15) is 0 Å². The Morgan fingerprint density at radius 1 is 0.688 bits per heavy atom. The number of carbonyl (C=O) groups excluding carboxylic acids is 3. The van der Waals surface area contributed by atoms with E-state index in [9.17, 15) is 14.4 Å². The topological polar surface area (TPSA) is 78.9 Å². The number of aryl methyl sites for hydroxylation is 1. The van der Waals surface area contributed by atoms with Crippen LogP contribution in [0.3, 0.4) is 0 Å². The van der Waals surface area contributed by atoms with Gasteiger partial charge < -0.3 is 14.2 Å². The van der Waals surface area contributed by atoms with Crippen LogP contribution < -0.4 is 9.47 Å². The van der Waals surface area contributed by atoms with E-state index in [0.717, 1.165) is 5.56 Å². The quantitative estimate of drug-likeness (QED) is 0.198. The molecule has 0 saturated heterocycles. The molecule has 3 aromatic rings. The van der Waals surface area contributed by atoms with Crippen LogP contribution >= 0.6 is 0 Å². The average molecular weight is 432 g/mol. The summed E-state index contributed by atoms with van der Waals surface area (Å²) in [6.45, 7) is 2.29. The van der Waals surface area contributed by atoms with Gasteiger partial charge in [0.1, 0.15) is 24.7 Å². The second kappa shape index (κ2) is 11.5. The van der Waals surface area contributed by atoms with Crippen molar-refractivity contribution < 1.29 is 28.6 Å². The molecule has 0 aliphatic rings. The smallest absolute Gasteiger partial charge is 0.338 e. The van der Waals surface area contributed by atoms with Crippen LogP contribution in [-0.2, 0) is 9.53 Å². The molecule has 0 spiro atoms. The van der Waals surface area contributed by atoms with Crippen molar-refractivity contribution in [2.45, 2.75) is 19.8 Å². The molecule has 0 atom stereocenters. The van der Waals surface area contributed by atoms with Crippen molar-refractivity contribution in [3.63, 3.8) is 0 Å². The highest BCUT2D eigenvalue weighted by atomic mass is 16.6. The maximum absolute atomic E-state index is 12.2. The van der Waals surface area contributed by atoms with Crippen molar-refractivity contribution in [1.29, 1.82) is 0 Å². The lowest BCUT2D eigenvalue weighted by Crippen LogP contribution is -2.13. The van der Waals surface area contributed by atoms with Crippen molar-refractivity contribution in [2.24, 2.45) is 0 Å². The number of Topliss-reactive ketones (excluding diaryl/α,β-unsaturated/α-hetero) is 1. The Hall–Kier alpha value is -3.93. The third kappa shape index (κ3) is 7.09. The summed E-state index contributed by atoms with van der Waals surface area (Å²) in [5.41, 5.74) is 1.97. The monoisotopic (exact) mass is 432 g/mol. The summed E-state index contributed by atoms with van der Waals surface area (Å²) in [6, 6.07) is 22.5. The minimum Gasteiger partial charge on any atom is -0.490 e. The van der Waals surface area contributed by atoms with E-state index in [1.807, 2.05) is 49.4 Å². The largest absolute Gasteiger partial charge is 0.490 e. The number of hydrogen-bond donors (Lipinski definition) is 0.